The van der Waals surface area contributed by atoms with Gasteiger partial charge in [0, 0.05) is 35.8 Å². The highest BCUT2D eigenvalue weighted by Gasteiger charge is 2.36. The first-order valence-electron chi connectivity index (χ1n) is 13.0. The van der Waals surface area contributed by atoms with Crippen LogP contribution in [0.3, 0.4) is 0 Å². The molecule has 0 radical (unpaired) electrons. The second-order valence-corrected chi connectivity index (χ2v) is 11.8. The molecule has 2 aliphatic rings. The number of fused-ring (bicyclic) bond motifs is 1. The molecule has 204 valence electrons. The standard InChI is InChI=1S/C28H30N6O3S.ClH/c1-18-9-12-21-22(6-2-8-25(21)34-38(35,36)20-10-11-20)26(18)37-27-23(7-4-15-30-27)24-13-16-31-28(33-24)32-19-5-3-14-29-17-19;/h2,4,6-9,12-13,15-16,19-20,29,34H,3,5,10-11,14,17H2,1H3,(H,31,32,33);1H. The van der Waals surface area contributed by atoms with Gasteiger partial charge in [-0.15, -0.1) is 12.4 Å². The highest BCUT2D eigenvalue weighted by Crippen LogP contribution is 2.39. The van der Waals surface area contributed by atoms with Crippen molar-refractivity contribution < 1.29 is 13.2 Å². The van der Waals surface area contributed by atoms with Crippen LogP contribution >= 0.6 is 12.4 Å². The summed E-state index contributed by atoms with van der Waals surface area (Å²) in [5.74, 6) is 1.60. The number of rotatable bonds is 8. The van der Waals surface area contributed by atoms with Gasteiger partial charge in [-0.05, 0) is 69.0 Å². The molecule has 39 heavy (non-hydrogen) atoms. The molecule has 1 aliphatic heterocycles. The van der Waals surface area contributed by atoms with E-state index in [1.807, 2.05) is 49.4 Å². The van der Waals surface area contributed by atoms with Gasteiger partial charge in [0.05, 0.1) is 22.2 Å². The van der Waals surface area contributed by atoms with Crippen LogP contribution in [-0.4, -0.2) is 47.8 Å². The second-order valence-electron chi connectivity index (χ2n) is 9.87. The predicted molar refractivity (Wildman–Crippen MR) is 156 cm³/mol. The third-order valence-corrected chi connectivity index (χ3v) is 8.81. The third-order valence-electron chi connectivity index (χ3n) is 6.96. The molecule has 0 bridgehead atoms. The molecule has 9 nitrogen and oxygen atoms in total. The number of aryl methyl sites for hydroxylation is 1. The first-order chi connectivity index (χ1) is 18.5. The van der Waals surface area contributed by atoms with Crippen LogP contribution < -0.4 is 20.1 Å². The van der Waals surface area contributed by atoms with Crippen molar-refractivity contribution in [3.63, 3.8) is 0 Å². The Balaban J connectivity index is 0.00000308. The van der Waals surface area contributed by atoms with Gasteiger partial charge in [-0.25, -0.2) is 23.4 Å². The molecule has 1 aliphatic carbocycles. The predicted octanol–water partition coefficient (Wildman–Crippen LogP) is 5.28. The highest BCUT2D eigenvalue weighted by atomic mass is 35.5. The minimum Gasteiger partial charge on any atom is -0.437 e. The van der Waals surface area contributed by atoms with E-state index in [0.717, 1.165) is 47.8 Å². The Morgan fingerprint density at radius 1 is 0.974 bits per heavy atom. The summed E-state index contributed by atoms with van der Waals surface area (Å²) < 4.78 is 34.5. The van der Waals surface area contributed by atoms with Crippen molar-refractivity contribution in [2.24, 2.45) is 0 Å². The SMILES string of the molecule is Cc1ccc2c(NS(=O)(=O)C3CC3)cccc2c1Oc1ncccc1-c1ccnc(NC2CCCNC2)n1.Cl. The van der Waals surface area contributed by atoms with Crippen LogP contribution in [-0.2, 0) is 10.0 Å². The van der Waals surface area contributed by atoms with Gasteiger partial charge in [0.1, 0.15) is 5.75 Å². The van der Waals surface area contributed by atoms with Gasteiger partial charge >= 0.3 is 0 Å². The normalized spacial score (nSPS) is 17.3. The smallest absolute Gasteiger partial charge is 0.235 e. The minimum atomic E-state index is -3.40. The fourth-order valence-electron chi connectivity index (χ4n) is 4.78. The Bertz CT molecular complexity index is 1590. The number of sulfonamides is 1. The first-order valence-corrected chi connectivity index (χ1v) is 14.5. The van der Waals surface area contributed by atoms with Crippen molar-refractivity contribution in [3.8, 4) is 22.9 Å². The monoisotopic (exact) mass is 566 g/mol. The molecule has 1 atom stereocenters. The van der Waals surface area contributed by atoms with Crippen molar-refractivity contribution in [1.29, 1.82) is 0 Å². The van der Waals surface area contributed by atoms with Crippen LogP contribution in [0.1, 0.15) is 31.2 Å². The number of benzene rings is 2. The van der Waals surface area contributed by atoms with Gasteiger partial charge in [-0.2, -0.15) is 0 Å². The largest absolute Gasteiger partial charge is 0.437 e. The molecule has 3 heterocycles. The summed E-state index contributed by atoms with van der Waals surface area (Å²) in [6.07, 6.45) is 7.01. The van der Waals surface area contributed by atoms with E-state index in [0.29, 0.717) is 41.8 Å². The zero-order chi connectivity index (χ0) is 26.1. The molecule has 0 amide bonds. The maximum absolute atomic E-state index is 12.6. The average Bonchev–Trinajstić information content (AvgIpc) is 3.78. The molecule has 4 aromatic rings. The molecule has 1 saturated heterocycles. The van der Waals surface area contributed by atoms with Crippen LogP contribution in [0.4, 0.5) is 11.6 Å². The van der Waals surface area contributed by atoms with Crippen molar-refractivity contribution >= 4 is 44.8 Å². The molecule has 2 aromatic heterocycles. The lowest BCUT2D eigenvalue weighted by molar-refractivity contribution is 0.466. The minimum absolute atomic E-state index is 0. The van der Waals surface area contributed by atoms with Gasteiger partial charge in [0.2, 0.25) is 21.9 Å². The van der Waals surface area contributed by atoms with Gasteiger partial charge in [-0.1, -0.05) is 24.3 Å². The lowest BCUT2D eigenvalue weighted by Gasteiger charge is -2.23. The summed E-state index contributed by atoms with van der Waals surface area (Å²) in [5.41, 5.74) is 2.89. The number of nitrogens with zero attached hydrogens (tertiary/aromatic N) is 3. The molecular formula is C28H31ClN6O3S. The van der Waals surface area contributed by atoms with E-state index in [2.05, 4.69) is 25.3 Å². The summed E-state index contributed by atoms with van der Waals surface area (Å²) in [4.78, 5) is 13.7. The van der Waals surface area contributed by atoms with Crippen molar-refractivity contribution in [2.45, 2.75) is 43.9 Å². The Labute approximate surface area is 234 Å². The van der Waals surface area contributed by atoms with E-state index in [4.69, 9.17) is 9.72 Å². The van der Waals surface area contributed by atoms with Crippen LogP contribution in [0, 0.1) is 6.92 Å². The average molecular weight is 567 g/mol. The Hall–Kier alpha value is -3.47. The van der Waals surface area contributed by atoms with E-state index in [1.165, 1.54) is 0 Å². The van der Waals surface area contributed by atoms with Crippen molar-refractivity contribution in [2.75, 3.05) is 23.1 Å². The van der Waals surface area contributed by atoms with E-state index in [-0.39, 0.29) is 23.7 Å². The lowest BCUT2D eigenvalue weighted by atomic mass is 10.0. The number of ether oxygens (including phenoxy) is 1. The Morgan fingerprint density at radius 3 is 2.64 bits per heavy atom. The quantitative estimate of drug-likeness (QED) is 0.263. The molecule has 2 fully saturated rings. The topological polar surface area (TPSA) is 118 Å². The fraction of sp³-hybridized carbons (Fsp3) is 0.321. The summed E-state index contributed by atoms with van der Waals surface area (Å²) in [5, 5.41) is 8.08. The summed E-state index contributed by atoms with van der Waals surface area (Å²) >= 11 is 0. The van der Waals surface area contributed by atoms with E-state index in [9.17, 15) is 8.42 Å². The summed E-state index contributed by atoms with van der Waals surface area (Å²) in [6.45, 7) is 3.88. The van der Waals surface area contributed by atoms with Crippen LogP contribution in [0.25, 0.3) is 22.0 Å². The molecule has 3 N–H and O–H groups in total. The molecule has 1 saturated carbocycles. The molecular weight excluding hydrogens is 536 g/mol. The number of aromatic nitrogens is 3. The van der Waals surface area contributed by atoms with E-state index < -0.39 is 10.0 Å². The zero-order valence-corrected chi connectivity index (χ0v) is 23.2. The zero-order valence-electron chi connectivity index (χ0n) is 21.6. The number of hydrogen-bond acceptors (Lipinski definition) is 8. The molecule has 11 heteroatoms. The van der Waals surface area contributed by atoms with Gasteiger partial charge in [0.25, 0.3) is 0 Å². The lowest BCUT2D eigenvalue weighted by Crippen LogP contribution is -2.38. The highest BCUT2D eigenvalue weighted by molar-refractivity contribution is 7.93. The third kappa shape index (κ3) is 5.93. The Kier molecular flexibility index (Phi) is 7.88. The van der Waals surface area contributed by atoms with Crippen molar-refractivity contribution in [3.05, 3.63) is 66.5 Å². The number of anilines is 2. The molecule has 1 unspecified atom stereocenters. The van der Waals surface area contributed by atoms with E-state index in [1.54, 1.807) is 18.5 Å². The number of pyridine rings is 1. The first kappa shape index (κ1) is 27.1. The number of nitrogens with one attached hydrogen (secondary N) is 3. The number of piperidine rings is 1. The van der Waals surface area contributed by atoms with Gasteiger partial charge in [-0.3, -0.25) is 4.72 Å². The van der Waals surface area contributed by atoms with Gasteiger partial charge in [0.15, 0.2) is 0 Å². The van der Waals surface area contributed by atoms with E-state index >= 15 is 0 Å². The maximum atomic E-state index is 12.6. The van der Waals surface area contributed by atoms with Crippen molar-refractivity contribution in [1.82, 2.24) is 20.3 Å². The maximum Gasteiger partial charge on any atom is 0.235 e. The number of hydrogen-bond donors (Lipinski definition) is 3. The molecule has 6 rings (SSSR count). The molecule has 2 aromatic carbocycles. The fourth-order valence-corrected chi connectivity index (χ4v) is 6.19. The molecule has 0 spiro atoms. The van der Waals surface area contributed by atoms with Gasteiger partial charge < -0.3 is 15.4 Å². The summed E-state index contributed by atoms with van der Waals surface area (Å²) in [7, 11) is -3.40. The second kappa shape index (κ2) is 11.3. The Morgan fingerprint density at radius 2 is 1.85 bits per heavy atom. The summed E-state index contributed by atoms with van der Waals surface area (Å²) in [6, 6.07) is 15.3. The van der Waals surface area contributed by atoms with Crippen LogP contribution in [0.15, 0.2) is 60.9 Å². The van der Waals surface area contributed by atoms with Crippen LogP contribution in [0.2, 0.25) is 0 Å². The van der Waals surface area contributed by atoms with Crippen LogP contribution in [0.5, 0.6) is 11.6 Å². The number of halogens is 1.